The predicted octanol–water partition coefficient (Wildman–Crippen LogP) is 3.02. The average molecular weight is 364 g/mol. The van der Waals surface area contributed by atoms with Crippen LogP contribution in [0.5, 0.6) is 0 Å². The Balaban J connectivity index is 1.83. The molecule has 0 aromatic carbocycles. The first-order valence-electron chi connectivity index (χ1n) is 9.86. The summed E-state index contributed by atoms with van der Waals surface area (Å²) in [7, 11) is 1.66. The third-order valence-electron chi connectivity index (χ3n) is 5.97. The number of fused-ring (bicyclic) bond motifs is 2. The topological polar surface area (TPSA) is 65.0 Å². The van der Waals surface area contributed by atoms with Crippen LogP contribution in [0.4, 0.5) is 0 Å². The first kappa shape index (κ1) is 19.6. The summed E-state index contributed by atoms with van der Waals surface area (Å²) in [6.45, 7) is 4.76. The molecular weight excluding hydrogens is 332 g/mol. The van der Waals surface area contributed by atoms with E-state index in [-0.39, 0.29) is 48.1 Å². The van der Waals surface area contributed by atoms with Gasteiger partial charge in [0, 0.05) is 37.9 Å². The standard InChI is InChI=1S/C21H32O5/c1-13-10-14(2)21-16(12-20(23)25-18(13)8-9-24-3)5-4-15-11-17(22)6-7-19(15)26-21/h4-5,10,13,15-19,21-22H,6-9,11-12H2,1-3H3/b14-10+/t13-,15?,16-,17?,18-,19?,21?/m1/s1. The van der Waals surface area contributed by atoms with Crippen molar-refractivity contribution in [2.45, 2.75) is 70.4 Å². The molecular formula is C21H32O5. The van der Waals surface area contributed by atoms with Crippen molar-refractivity contribution in [3.05, 3.63) is 23.8 Å². The molecule has 1 fully saturated rings. The van der Waals surface area contributed by atoms with Crippen LogP contribution in [0.25, 0.3) is 0 Å². The number of methoxy groups -OCH3 is 1. The Morgan fingerprint density at radius 1 is 1.27 bits per heavy atom. The number of cyclic esters (lactones) is 1. The van der Waals surface area contributed by atoms with Crippen LogP contribution in [0, 0.1) is 17.8 Å². The summed E-state index contributed by atoms with van der Waals surface area (Å²) < 4.78 is 17.4. The molecule has 1 aliphatic carbocycles. The summed E-state index contributed by atoms with van der Waals surface area (Å²) in [6, 6.07) is 0. The molecule has 0 spiro atoms. The van der Waals surface area contributed by atoms with Gasteiger partial charge in [-0.1, -0.05) is 25.2 Å². The molecule has 4 unspecified atom stereocenters. The van der Waals surface area contributed by atoms with E-state index in [1.165, 1.54) is 5.57 Å². The van der Waals surface area contributed by atoms with Crippen LogP contribution in [-0.2, 0) is 19.0 Å². The van der Waals surface area contributed by atoms with Gasteiger partial charge in [0.2, 0.25) is 0 Å². The van der Waals surface area contributed by atoms with Gasteiger partial charge >= 0.3 is 5.97 Å². The average Bonchev–Trinajstić information content (AvgIpc) is 2.75. The molecule has 1 N–H and O–H groups in total. The summed E-state index contributed by atoms with van der Waals surface area (Å²) >= 11 is 0. The van der Waals surface area contributed by atoms with Gasteiger partial charge in [-0.15, -0.1) is 0 Å². The fourth-order valence-corrected chi connectivity index (χ4v) is 4.51. The van der Waals surface area contributed by atoms with Gasteiger partial charge < -0.3 is 19.3 Å². The number of ether oxygens (including phenoxy) is 3. The van der Waals surface area contributed by atoms with E-state index in [9.17, 15) is 9.90 Å². The van der Waals surface area contributed by atoms with Crippen molar-refractivity contribution in [3.63, 3.8) is 0 Å². The van der Waals surface area contributed by atoms with Gasteiger partial charge in [0.1, 0.15) is 6.10 Å². The smallest absolute Gasteiger partial charge is 0.306 e. The predicted molar refractivity (Wildman–Crippen MR) is 98.5 cm³/mol. The van der Waals surface area contributed by atoms with E-state index >= 15 is 0 Å². The minimum Gasteiger partial charge on any atom is -0.462 e. The van der Waals surface area contributed by atoms with E-state index < -0.39 is 0 Å². The molecule has 7 atom stereocenters. The lowest BCUT2D eigenvalue weighted by molar-refractivity contribution is -0.153. The highest BCUT2D eigenvalue weighted by Crippen LogP contribution is 2.37. The van der Waals surface area contributed by atoms with Gasteiger partial charge in [0.25, 0.3) is 0 Å². The molecule has 26 heavy (non-hydrogen) atoms. The number of carbonyl (C=O) groups excluding carboxylic acids is 1. The fraction of sp³-hybridized carbons (Fsp3) is 0.762. The molecule has 3 rings (SSSR count). The number of aliphatic hydroxyl groups excluding tert-OH is 1. The zero-order valence-corrected chi connectivity index (χ0v) is 16.1. The quantitative estimate of drug-likeness (QED) is 0.616. The summed E-state index contributed by atoms with van der Waals surface area (Å²) in [4.78, 5) is 12.5. The van der Waals surface area contributed by atoms with E-state index in [1.807, 2.05) is 0 Å². The van der Waals surface area contributed by atoms with E-state index in [0.717, 1.165) is 19.3 Å². The van der Waals surface area contributed by atoms with Crippen LogP contribution < -0.4 is 0 Å². The van der Waals surface area contributed by atoms with E-state index in [4.69, 9.17) is 14.2 Å². The number of aliphatic hydroxyl groups is 1. The van der Waals surface area contributed by atoms with Gasteiger partial charge in [0.05, 0.1) is 24.7 Å². The molecule has 0 aromatic heterocycles. The molecule has 0 aromatic rings. The number of esters is 1. The summed E-state index contributed by atoms with van der Waals surface area (Å²) in [5, 5.41) is 9.97. The van der Waals surface area contributed by atoms with Gasteiger partial charge in [-0.2, -0.15) is 0 Å². The lowest BCUT2D eigenvalue weighted by atomic mass is 9.84. The fourth-order valence-electron chi connectivity index (χ4n) is 4.51. The molecule has 1 saturated carbocycles. The molecule has 2 aliphatic heterocycles. The number of hydrogen-bond acceptors (Lipinski definition) is 5. The maximum absolute atomic E-state index is 12.5. The Morgan fingerprint density at radius 3 is 2.81 bits per heavy atom. The van der Waals surface area contributed by atoms with Crippen LogP contribution in [0.2, 0.25) is 0 Å². The lowest BCUT2D eigenvalue weighted by Crippen LogP contribution is -2.36. The van der Waals surface area contributed by atoms with Crippen molar-refractivity contribution in [2.75, 3.05) is 13.7 Å². The Morgan fingerprint density at radius 2 is 2.04 bits per heavy atom. The third kappa shape index (κ3) is 4.56. The first-order chi connectivity index (χ1) is 12.5. The minimum absolute atomic E-state index is 0.0186. The monoisotopic (exact) mass is 364 g/mol. The SMILES string of the molecule is COCC[C@H]1OC(=O)C[C@H]2C=CC3CC(O)CCC3OC2/C(C)=C/[C@H]1C. The Bertz CT molecular complexity index is 555. The zero-order valence-electron chi connectivity index (χ0n) is 16.1. The highest BCUT2D eigenvalue weighted by Gasteiger charge is 2.38. The number of rotatable bonds is 3. The van der Waals surface area contributed by atoms with Crippen molar-refractivity contribution in [1.82, 2.24) is 0 Å². The van der Waals surface area contributed by atoms with Gasteiger partial charge in [0.15, 0.2) is 0 Å². The molecule has 2 heterocycles. The normalized spacial score (nSPS) is 42.8. The molecule has 0 saturated heterocycles. The van der Waals surface area contributed by atoms with E-state index in [1.54, 1.807) is 7.11 Å². The summed E-state index contributed by atoms with van der Waals surface area (Å²) in [6.07, 6.45) is 9.47. The van der Waals surface area contributed by atoms with Crippen molar-refractivity contribution in [2.24, 2.45) is 17.8 Å². The first-order valence-corrected chi connectivity index (χ1v) is 9.86. The second kappa shape index (κ2) is 8.68. The minimum atomic E-state index is -0.249. The van der Waals surface area contributed by atoms with Crippen molar-refractivity contribution >= 4 is 5.97 Å². The molecule has 3 aliphatic rings. The number of carbonyl (C=O) groups is 1. The Hall–Kier alpha value is -1.17. The molecule has 0 amide bonds. The largest absolute Gasteiger partial charge is 0.462 e. The highest BCUT2D eigenvalue weighted by molar-refractivity contribution is 5.70. The van der Waals surface area contributed by atoms with Crippen molar-refractivity contribution in [1.29, 1.82) is 0 Å². The van der Waals surface area contributed by atoms with Crippen LogP contribution in [-0.4, -0.2) is 49.2 Å². The molecule has 0 bridgehead atoms. The highest BCUT2D eigenvalue weighted by atomic mass is 16.5. The third-order valence-corrected chi connectivity index (χ3v) is 5.97. The molecule has 5 nitrogen and oxygen atoms in total. The summed E-state index contributed by atoms with van der Waals surface area (Å²) in [5.74, 6) is 0.154. The summed E-state index contributed by atoms with van der Waals surface area (Å²) in [5.41, 5.74) is 1.17. The number of hydrogen-bond donors (Lipinski definition) is 1. The van der Waals surface area contributed by atoms with Crippen LogP contribution in [0.1, 0.15) is 46.0 Å². The molecule has 5 heteroatoms. The van der Waals surface area contributed by atoms with Crippen molar-refractivity contribution in [3.8, 4) is 0 Å². The van der Waals surface area contributed by atoms with Gasteiger partial charge in [-0.05, 0) is 31.8 Å². The van der Waals surface area contributed by atoms with Crippen LogP contribution in [0.15, 0.2) is 23.8 Å². The Kier molecular flexibility index (Phi) is 6.54. The van der Waals surface area contributed by atoms with Crippen LogP contribution in [0.3, 0.4) is 0 Å². The molecule has 146 valence electrons. The second-order valence-corrected chi connectivity index (χ2v) is 8.06. The Labute approximate surface area is 156 Å². The molecule has 0 radical (unpaired) electrons. The van der Waals surface area contributed by atoms with Crippen LogP contribution >= 0.6 is 0 Å². The second-order valence-electron chi connectivity index (χ2n) is 8.06. The van der Waals surface area contributed by atoms with Gasteiger partial charge in [-0.25, -0.2) is 0 Å². The lowest BCUT2D eigenvalue weighted by Gasteiger charge is -2.34. The maximum Gasteiger partial charge on any atom is 0.306 e. The van der Waals surface area contributed by atoms with E-state index in [2.05, 4.69) is 32.1 Å². The zero-order chi connectivity index (χ0) is 18.7. The van der Waals surface area contributed by atoms with E-state index in [0.29, 0.717) is 19.4 Å². The van der Waals surface area contributed by atoms with Crippen molar-refractivity contribution < 1.29 is 24.1 Å². The maximum atomic E-state index is 12.5. The van der Waals surface area contributed by atoms with Gasteiger partial charge in [-0.3, -0.25) is 4.79 Å².